The van der Waals surface area contributed by atoms with Crippen LogP contribution in [0, 0.1) is 0 Å². The van der Waals surface area contributed by atoms with E-state index in [2.05, 4.69) is 25.0 Å². The van der Waals surface area contributed by atoms with Crippen molar-refractivity contribution in [2.45, 2.75) is 30.2 Å². The predicted molar refractivity (Wildman–Crippen MR) is 90.2 cm³/mol. The number of aromatic nitrogens is 5. The van der Waals surface area contributed by atoms with Crippen molar-refractivity contribution in [3.05, 3.63) is 48.4 Å². The smallest absolute Gasteiger partial charge is 0.305 e. The molecule has 0 N–H and O–H groups in total. The van der Waals surface area contributed by atoms with E-state index in [1.807, 2.05) is 30.3 Å². The topological polar surface area (TPSA) is 95.9 Å². The van der Waals surface area contributed by atoms with Crippen LogP contribution in [0.2, 0.25) is 0 Å². The molecule has 0 radical (unpaired) electrons. The first kappa shape index (κ1) is 17.2. The van der Waals surface area contributed by atoms with E-state index in [1.54, 1.807) is 11.0 Å². The summed E-state index contributed by atoms with van der Waals surface area (Å²) in [5.41, 5.74) is 0.953. The third-order valence-electron chi connectivity index (χ3n) is 3.33. The molecule has 0 aliphatic heterocycles. The molecule has 0 saturated heterocycles. The molecule has 0 aliphatic rings. The molecule has 130 valence electrons. The Kier molecular flexibility index (Phi) is 5.78. The summed E-state index contributed by atoms with van der Waals surface area (Å²) in [6, 6.07) is 9.77. The number of ether oxygens (including phenoxy) is 1. The Labute approximate surface area is 148 Å². The second kappa shape index (κ2) is 8.43. The summed E-state index contributed by atoms with van der Waals surface area (Å²) in [5, 5.41) is 8.98. The van der Waals surface area contributed by atoms with Gasteiger partial charge in [0.2, 0.25) is 11.0 Å². The van der Waals surface area contributed by atoms with Crippen molar-refractivity contribution in [3.63, 3.8) is 0 Å². The highest BCUT2D eigenvalue weighted by atomic mass is 32.2. The summed E-state index contributed by atoms with van der Waals surface area (Å²) in [6.45, 7) is 0. The van der Waals surface area contributed by atoms with Crippen LogP contribution < -0.4 is 0 Å². The van der Waals surface area contributed by atoms with Gasteiger partial charge in [-0.1, -0.05) is 35.1 Å². The molecule has 2 heterocycles. The molecule has 2 aromatic heterocycles. The Hall–Kier alpha value is -2.68. The number of thioether (sulfide) groups is 1. The third kappa shape index (κ3) is 4.90. The van der Waals surface area contributed by atoms with Gasteiger partial charge in [0.05, 0.1) is 18.6 Å². The van der Waals surface area contributed by atoms with Crippen molar-refractivity contribution in [2.75, 3.05) is 7.11 Å². The van der Waals surface area contributed by atoms with Gasteiger partial charge in [-0.2, -0.15) is 4.98 Å². The maximum absolute atomic E-state index is 11.1. The number of methoxy groups -OCH3 is 1. The molecular weight excluding hydrogens is 342 g/mol. The lowest BCUT2D eigenvalue weighted by molar-refractivity contribution is -0.140. The quantitative estimate of drug-likeness (QED) is 0.447. The standard InChI is InChI=1S/C16H17N5O3S/c1-23-15(22)9-5-8-14-18-13(20-24-14)10-25-16-17-11-21(19-16)12-6-3-2-4-7-12/h2-4,6-7,11H,5,8-10H2,1H3. The van der Waals surface area contributed by atoms with Crippen molar-refractivity contribution >= 4 is 17.7 Å². The number of benzene rings is 1. The van der Waals surface area contributed by atoms with E-state index in [-0.39, 0.29) is 5.97 Å². The van der Waals surface area contributed by atoms with Crippen LogP contribution in [0.1, 0.15) is 24.6 Å². The number of hydrogen-bond donors (Lipinski definition) is 0. The molecule has 0 aliphatic carbocycles. The molecule has 3 rings (SSSR count). The number of esters is 1. The number of carbonyl (C=O) groups excluding carboxylic acids is 1. The van der Waals surface area contributed by atoms with Gasteiger partial charge in [0.25, 0.3) is 0 Å². The Morgan fingerprint density at radius 1 is 1.32 bits per heavy atom. The van der Waals surface area contributed by atoms with E-state index in [4.69, 9.17) is 4.52 Å². The maximum atomic E-state index is 11.1. The lowest BCUT2D eigenvalue weighted by atomic mass is 10.2. The van der Waals surface area contributed by atoms with Gasteiger partial charge in [-0.25, -0.2) is 9.67 Å². The lowest BCUT2D eigenvalue weighted by Gasteiger charge is -1.97. The lowest BCUT2D eigenvalue weighted by Crippen LogP contribution is -2.00. The van der Waals surface area contributed by atoms with Crippen molar-refractivity contribution in [1.82, 2.24) is 24.9 Å². The predicted octanol–water partition coefficient (Wildman–Crippen LogP) is 2.44. The average molecular weight is 359 g/mol. The van der Waals surface area contributed by atoms with Gasteiger partial charge in [0.15, 0.2) is 5.82 Å². The summed E-state index contributed by atoms with van der Waals surface area (Å²) >= 11 is 1.43. The molecule has 8 nitrogen and oxygen atoms in total. The molecule has 3 aromatic rings. The van der Waals surface area contributed by atoms with Crippen molar-refractivity contribution < 1.29 is 14.1 Å². The molecule has 1 aromatic carbocycles. The average Bonchev–Trinajstić information content (AvgIpc) is 3.30. The summed E-state index contributed by atoms with van der Waals surface area (Å²) in [7, 11) is 1.37. The highest BCUT2D eigenvalue weighted by Crippen LogP contribution is 2.18. The van der Waals surface area contributed by atoms with Crippen LogP contribution in [-0.4, -0.2) is 38.0 Å². The Bertz CT molecular complexity index is 818. The molecule has 9 heteroatoms. The first-order chi connectivity index (χ1) is 12.2. The Morgan fingerprint density at radius 3 is 2.96 bits per heavy atom. The van der Waals surface area contributed by atoms with E-state index in [0.29, 0.717) is 41.9 Å². The zero-order valence-electron chi connectivity index (χ0n) is 13.7. The van der Waals surface area contributed by atoms with Crippen LogP contribution in [-0.2, 0) is 21.7 Å². The van der Waals surface area contributed by atoms with Gasteiger partial charge in [-0.3, -0.25) is 4.79 Å². The molecule has 0 amide bonds. The number of hydrogen-bond acceptors (Lipinski definition) is 8. The van der Waals surface area contributed by atoms with E-state index >= 15 is 0 Å². The van der Waals surface area contributed by atoms with Gasteiger partial charge in [-0.15, -0.1) is 5.10 Å². The minimum atomic E-state index is -0.240. The highest BCUT2D eigenvalue weighted by molar-refractivity contribution is 7.98. The van der Waals surface area contributed by atoms with Crippen LogP contribution in [0.4, 0.5) is 0 Å². The van der Waals surface area contributed by atoms with Crippen LogP contribution >= 0.6 is 11.8 Å². The Morgan fingerprint density at radius 2 is 2.16 bits per heavy atom. The minimum Gasteiger partial charge on any atom is -0.469 e. The Balaban J connectivity index is 1.49. The molecular formula is C16H17N5O3S. The zero-order valence-corrected chi connectivity index (χ0v) is 14.5. The van der Waals surface area contributed by atoms with Crippen LogP contribution in [0.3, 0.4) is 0 Å². The van der Waals surface area contributed by atoms with Crippen molar-refractivity contribution in [2.24, 2.45) is 0 Å². The molecule has 0 bridgehead atoms. The van der Waals surface area contributed by atoms with Crippen LogP contribution in [0.15, 0.2) is 46.3 Å². The fraction of sp³-hybridized carbons (Fsp3) is 0.312. The molecule has 25 heavy (non-hydrogen) atoms. The number of para-hydroxylation sites is 1. The second-order valence-corrected chi connectivity index (χ2v) is 6.07. The van der Waals surface area contributed by atoms with Gasteiger partial charge < -0.3 is 9.26 Å². The van der Waals surface area contributed by atoms with Crippen LogP contribution in [0.5, 0.6) is 0 Å². The summed E-state index contributed by atoms with van der Waals surface area (Å²) in [5.74, 6) is 1.37. The third-order valence-corrected chi connectivity index (χ3v) is 4.18. The first-order valence-electron chi connectivity index (χ1n) is 7.73. The maximum Gasteiger partial charge on any atom is 0.305 e. The summed E-state index contributed by atoms with van der Waals surface area (Å²) in [4.78, 5) is 19.6. The van der Waals surface area contributed by atoms with E-state index in [0.717, 1.165) is 5.69 Å². The van der Waals surface area contributed by atoms with E-state index in [9.17, 15) is 4.79 Å². The SMILES string of the molecule is COC(=O)CCCc1nc(CSc2ncn(-c3ccccc3)n2)no1. The monoisotopic (exact) mass is 359 g/mol. The normalized spacial score (nSPS) is 10.8. The van der Waals surface area contributed by atoms with E-state index < -0.39 is 0 Å². The number of carbonyl (C=O) groups is 1. The summed E-state index contributed by atoms with van der Waals surface area (Å²) < 4.78 is 11.5. The highest BCUT2D eigenvalue weighted by Gasteiger charge is 2.10. The molecule has 0 unspecified atom stereocenters. The largest absolute Gasteiger partial charge is 0.469 e. The molecule has 0 spiro atoms. The van der Waals surface area contributed by atoms with Gasteiger partial charge in [0, 0.05) is 12.8 Å². The van der Waals surface area contributed by atoms with Gasteiger partial charge in [0.1, 0.15) is 6.33 Å². The number of aryl methyl sites for hydroxylation is 1. The molecule has 0 atom stereocenters. The zero-order chi connectivity index (χ0) is 17.5. The fourth-order valence-corrected chi connectivity index (χ4v) is 2.73. The minimum absolute atomic E-state index is 0.240. The van der Waals surface area contributed by atoms with Gasteiger partial charge >= 0.3 is 5.97 Å². The number of nitrogens with zero attached hydrogens (tertiary/aromatic N) is 5. The number of rotatable bonds is 8. The second-order valence-electron chi connectivity index (χ2n) is 5.13. The summed E-state index contributed by atoms with van der Waals surface area (Å²) in [6.07, 6.45) is 3.17. The van der Waals surface area contributed by atoms with Gasteiger partial charge in [-0.05, 0) is 18.6 Å². The van der Waals surface area contributed by atoms with Crippen LogP contribution in [0.25, 0.3) is 5.69 Å². The van der Waals surface area contributed by atoms with E-state index in [1.165, 1.54) is 18.9 Å². The van der Waals surface area contributed by atoms with Crippen molar-refractivity contribution in [3.8, 4) is 5.69 Å². The first-order valence-corrected chi connectivity index (χ1v) is 8.71. The van der Waals surface area contributed by atoms with Crippen molar-refractivity contribution in [1.29, 1.82) is 0 Å². The fourth-order valence-electron chi connectivity index (χ4n) is 2.08. The molecule has 0 fully saturated rings. The molecule has 0 saturated carbocycles.